The predicted molar refractivity (Wildman–Crippen MR) is 160 cm³/mol. The number of terminal acetylenes is 1. The molecular formula is C30H30Cl2N4O10. The summed E-state index contributed by atoms with van der Waals surface area (Å²) in [5.74, 6) is -1.35. The van der Waals surface area contributed by atoms with Gasteiger partial charge >= 0.3 is 23.9 Å². The first kappa shape index (κ1) is 34.6. The van der Waals surface area contributed by atoms with E-state index in [4.69, 9.17) is 58.0 Å². The van der Waals surface area contributed by atoms with E-state index in [2.05, 4.69) is 20.9 Å². The fraction of sp³-hybridized carbons (Fsp3) is 0.433. The van der Waals surface area contributed by atoms with Gasteiger partial charge in [-0.2, -0.15) is 4.98 Å². The van der Waals surface area contributed by atoms with Crippen molar-refractivity contribution in [2.45, 2.75) is 63.8 Å². The van der Waals surface area contributed by atoms with E-state index in [0.717, 1.165) is 13.8 Å². The summed E-state index contributed by atoms with van der Waals surface area (Å²) in [6.07, 6.45) is 2.58. The Morgan fingerprint density at radius 3 is 2.26 bits per heavy atom. The van der Waals surface area contributed by atoms with Gasteiger partial charge in [-0.15, -0.1) is 6.42 Å². The molecule has 1 aliphatic heterocycles. The third-order valence-corrected chi connectivity index (χ3v) is 7.34. The van der Waals surface area contributed by atoms with Gasteiger partial charge in [-0.25, -0.2) is 19.6 Å². The predicted octanol–water partition coefficient (Wildman–Crippen LogP) is 3.02. The number of fused-ring (bicyclic) bond motifs is 1. The second kappa shape index (κ2) is 14.4. The lowest BCUT2D eigenvalue weighted by Gasteiger charge is -2.34. The molecule has 1 fully saturated rings. The van der Waals surface area contributed by atoms with E-state index >= 15 is 0 Å². The van der Waals surface area contributed by atoms with Crippen LogP contribution in [0.4, 0.5) is 0 Å². The van der Waals surface area contributed by atoms with E-state index in [1.807, 2.05) is 0 Å². The molecule has 3 heterocycles. The van der Waals surface area contributed by atoms with Crippen LogP contribution >= 0.6 is 23.2 Å². The zero-order chi connectivity index (χ0) is 33.6. The van der Waals surface area contributed by atoms with Crippen molar-refractivity contribution in [3.05, 3.63) is 52.7 Å². The van der Waals surface area contributed by atoms with Crippen LogP contribution in [0.15, 0.2) is 36.7 Å². The average Bonchev–Trinajstić information content (AvgIpc) is 3.54. The van der Waals surface area contributed by atoms with Gasteiger partial charge in [0.15, 0.2) is 17.0 Å². The molecule has 0 bridgehead atoms. The molecule has 14 nitrogen and oxygen atoms in total. The Hall–Kier alpha value is -4.29. The minimum atomic E-state index is -2.35. The second-order valence-corrected chi connectivity index (χ2v) is 10.6. The van der Waals surface area contributed by atoms with Crippen molar-refractivity contribution in [3.63, 3.8) is 0 Å². The molecule has 0 unspecified atom stereocenters. The van der Waals surface area contributed by atoms with Crippen LogP contribution in [0, 0.1) is 12.3 Å². The SMILES string of the molecule is C#C[C@@]1(OC(C)=O)[C@@H](COC(Cc2ccccc2)(C(=O)OCC)C(=O)OCC)O[C@@H](n2cnc3c(Cl)nc(Cl)nc32)[C@@H]1OC(C)=O. The summed E-state index contributed by atoms with van der Waals surface area (Å²) in [6.45, 7) is 4.49. The molecule has 3 aromatic rings. The number of hydrogen-bond donors (Lipinski definition) is 0. The van der Waals surface area contributed by atoms with Crippen molar-refractivity contribution in [3.8, 4) is 12.3 Å². The largest absolute Gasteiger partial charge is 0.463 e. The van der Waals surface area contributed by atoms with Crippen LogP contribution in [0.2, 0.25) is 10.4 Å². The topological polar surface area (TPSA) is 167 Å². The number of aromatic nitrogens is 4. The van der Waals surface area contributed by atoms with E-state index in [1.54, 1.807) is 44.2 Å². The second-order valence-electron chi connectivity index (χ2n) is 9.93. The van der Waals surface area contributed by atoms with Gasteiger partial charge in [-0.1, -0.05) is 47.9 Å². The highest BCUT2D eigenvalue weighted by atomic mass is 35.5. The lowest BCUT2D eigenvalue weighted by molar-refractivity contribution is -0.200. The first-order valence-corrected chi connectivity index (χ1v) is 14.8. The number of hydrogen-bond acceptors (Lipinski definition) is 13. The monoisotopic (exact) mass is 676 g/mol. The van der Waals surface area contributed by atoms with Crippen molar-refractivity contribution in [2.24, 2.45) is 0 Å². The summed E-state index contributed by atoms with van der Waals surface area (Å²) >= 11 is 12.3. The van der Waals surface area contributed by atoms with E-state index in [-0.39, 0.29) is 41.2 Å². The van der Waals surface area contributed by atoms with Crippen LogP contribution in [0.3, 0.4) is 0 Å². The van der Waals surface area contributed by atoms with Crippen LogP contribution in [-0.2, 0) is 54.0 Å². The number of nitrogens with zero attached hydrogens (tertiary/aromatic N) is 4. The molecule has 16 heteroatoms. The number of benzene rings is 1. The number of imidazole rings is 1. The van der Waals surface area contributed by atoms with E-state index < -0.39 is 60.1 Å². The smallest absolute Gasteiger partial charge is 0.350 e. The maximum Gasteiger partial charge on any atom is 0.350 e. The summed E-state index contributed by atoms with van der Waals surface area (Å²) < 4.78 is 35.6. The average molecular weight is 677 g/mol. The summed E-state index contributed by atoms with van der Waals surface area (Å²) in [7, 11) is 0. The Morgan fingerprint density at radius 2 is 1.70 bits per heavy atom. The highest BCUT2D eigenvalue weighted by Gasteiger charge is 2.63. The van der Waals surface area contributed by atoms with Gasteiger partial charge in [0.05, 0.1) is 26.1 Å². The first-order valence-electron chi connectivity index (χ1n) is 14.0. The van der Waals surface area contributed by atoms with E-state index in [1.165, 1.54) is 10.9 Å². The van der Waals surface area contributed by atoms with Crippen LogP contribution in [0.5, 0.6) is 0 Å². The Labute approximate surface area is 273 Å². The van der Waals surface area contributed by atoms with Gasteiger partial charge in [-0.3, -0.25) is 14.2 Å². The number of rotatable bonds is 12. The zero-order valence-electron chi connectivity index (χ0n) is 25.2. The van der Waals surface area contributed by atoms with Gasteiger partial charge < -0.3 is 28.4 Å². The fourth-order valence-electron chi connectivity index (χ4n) is 5.04. The molecule has 2 aromatic heterocycles. The molecule has 4 atom stereocenters. The molecule has 1 aromatic carbocycles. The molecule has 4 rings (SSSR count). The number of halogens is 2. The van der Waals surface area contributed by atoms with Crippen molar-refractivity contribution < 1.29 is 47.6 Å². The van der Waals surface area contributed by atoms with Crippen molar-refractivity contribution in [1.82, 2.24) is 19.5 Å². The minimum Gasteiger partial charge on any atom is -0.463 e. The van der Waals surface area contributed by atoms with Crippen LogP contribution in [0.1, 0.15) is 39.5 Å². The highest BCUT2D eigenvalue weighted by molar-refractivity contribution is 6.35. The minimum absolute atomic E-state index is 0.0685. The highest BCUT2D eigenvalue weighted by Crippen LogP contribution is 2.44. The summed E-state index contributed by atoms with van der Waals surface area (Å²) in [4.78, 5) is 64.2. The first-order chi connectivity index (χ1) is 21.9. The molecule has 1 aliphatic rings. The Morgan fingerprint density at radius 1 is 1.04 bits per heavy atom. The van der Waals surface area contributed by atoms with Gasteiger partial charge in [0.2, 0.25) is 17.0 Å². The van der Waals surface area contributed by atoms with Crippen LogP contribution in [-0.4, -0.2) is 86.6 Å². The van der Waals surface area contributed by atoms with Crippen molar-refractivity contribution in [2.75, 3.05) is 19.8 Å². The maximum absolute atomic E-state index is 13.5. The third-order valence-electron chi connectivity index (χ3n) is 6.91. The van der Waals surface area contributed by atoms with Crippen LogP contribution < -0.4 is 0 Å². The molecule has 46 heavy (non-hydrogen) atoms. The number of esters is 4. The van der Waals surface area contributed by atoms with Gasteiger partial charge in [0.1, 0.15) is 11.6 Å². The molecule has 0 amide bonds. The van der Waals surface area contributed by atoms with Gasteiger partial charge in [0.25, 0.3) is 5.60 Å². The van der Waals surface area contributed by atoms with Gasteiger partial charge in [-0.05, 0) is 31.0 Å². The number of carbonyl (C=O) groups excluding carboxylic acids is 4. The molecule has 0 N–H and O–H groups in total. The third kappa shape index (κ3) is 6.78. The van der Waals surface area contributed by atoms with Crippen molar-refractivity contribution >= 4 is 58.2 Å². The van der Waals surface area contributed by atoms with Crippen molar-refractivity contribution in [1.29, 1.82) is 0 Å². The van der Waals surface area contributed by atoms with E-state index in [9.17, 15) is 19.2 Å². The van der Waals surface area contributed by atoms with Gasteiger partial charge in [0, 0.05) is 20.3 Å². The van der Waals surface area contributed by atoms with E-state index in [0.29, 0.717) is 5.56 Å². The maximum atomic E-state index is 13.5. The molecule has 0 radical (unpaired) electrons. The number of ether oxygens (including phenoxy) is 6. The zero-order valence-corrected chi connectivity index (χ0v) is 26.7. The fourth-order valence-corrected chi connectivity index (χ4v) is 5.46. The van der Waals surface area contributed by atoms with Crippen LogP contribution in [0.25, 0.3) is 11.2 Å². The summed E-state index contributed by atoms with van der Waals surface area (Å²) in [6, 6.07) is 8.55. The Kier molecular flexibility index (Phi) is 10.8. The molecule has 0 spiro atoms. The summed E-state index contributed by atoms with van der Waals surface area (Å²) in [5.41, 5.74) is -3.78. The lowest BCUT2D eigenvalue weighted by Crippen LogP contribution is -2.57. The quantitative estimate of drug-likeness (QED) is 0.0686. The molecule has 0 saturated carbocycles. The normalized spacial score (nSPS) is 20.9. The molecule has 244 valence electrons. The Balaban J connectivity index is 1.85. The standard InChI is InChI=1S/C30H30Cl2N4O10/c1-6-29(46-18(5)38)20(15-43-30(26(39)41-7-2,27(40)42-8-3)14-19-12-10-9-11-13-19)45-25(22(29)44-17(4)37)36-16-33-21-23(31)34-28(32)35-24(21)36/h1,9-13,16,20,22,25H,7-8,14-15H2,2-5H3/t20-,22+,25-,29-/m1/s1. The number of carbonyl (C=O) groups is 4. The molecule has 0 aliphatic carbocycles. The lowest BCUT2D eigenvalue weighted by atomic mass is 9.91. The molecule has 1 saturated heterocycles. The Bertz CT molecular complexity index is 1640. The molecular weight excluding hydrogens is 647 g/mol. The summed E-state index contributed by atoms with van der Waals surface area (Å²) in [5, 5.41) is -0.299.